The van der Waals surface area contributed by atoms with Gasteiger partial charge in [-0.05, 0) is 24.1 Å². The standard InChI is InChI=1S/C18H19N3O3/c1-11(2)16-17(23)19-13-6-4-5-7-14(13)21(16)18(24)12-8-9-15(22)20(3)10-12/h4-11,16H,1-3H3,(H,19,23)/t16-/m0/s1. The number of rotatable bonds is 2. The van der Waals surface area contributed by atoms with Crippen LogP contribution in [0.15, 0.2) is 47.4 Å². The van der Waals surface area contributed by atoms with Crippen LogP contribution in [-0.4, -0.2) is 22.4 Å². The highest BCUT2D eigenvalue weighted by molar-refractivity contribution is 6.16. The van der Waals surface area contributed by atoms with E-state index in [4.69, 9.17) is 0 Å². The predicted molar refractivity (Wildman–Crippen MR) is 92.2 cm³/mol. The average Bonchev–Trinajstić information content (AvgIpc) is 2.55. The molecule has 1 aromatic heterocycles. The molecule has 2 amide bonds. The van der Waals surface area contributed by atoms with Crippen molar-refractivity contribution in [2.75, 3.05) is 10.2 Å². The van der Waals surface area contributed by atoms with E-state index in [2.05, 4.69) is 5.32 Å². The lowest BCUT2D eigenvalue weighted by atomic mass is 9.96. The van der Waals surface area contributed by atoms with Crippen LogP contribution in [0.1, 0.15) is 24.2 Å². The quantitative estimate of drug-likeness (QED) is 0.918. The van der Waals surface area contributed by atoms with E-state index in [1.165, 1.54) is 27.8 Å². The number of anilines is 2. The molecule has 6 nitrogen and oxygen atoms in total. The summed E-state index contributed by atoms with van der Waals surface area (Å²) in [6.45, 7) is 3.80. The second-order valence-electron chi connectivity index (χ2n) is 6.24. The Labute approximate surface area is 139 Å². The van der Waals surface area contributed by atoms with Crippen LogP contribution >= 0.6 is 0 Å². The number of benzene rings is 1. The second kappa shape index (κ2) is 5.96. The summed E-state index contributed by atoms with van der Waals surface area (Å²) >= 11 is 0. The van der Waals surface area contributed by atoms with Crippen molar-refractivity contribution >= 4 is 23.2 Å². The number of amides is 2. The zero-order valence-electron chi connectivity index (χ0n) is 13.8. The lowest BCUT2D eigenvalue weighted by molar-refractivity contribution is -0.118. The molecule has 0 unspecified atom stereocenters. The largest absolute Gasteiger partial charge is 0.322 e. The molecule has 0 aliphatic carbocycles. The summed E-state index contributed by atoms with van der Waals surface area (Å²) in [6.07, 6.45) is 1.50. The van der Waals surface area contributed by atoms with Gasteiger partial charge in [0.1, 0.15) is 6.04 Å². The first-order valence-electron chi connectivity index (χ1n) is 7.80. The van der Waals surface area contributed by atoms with E-state index < -0.39 is 6.04 Å². The fourth-order valence-corrected chi connectivity index (χ4v) is 2.96. The Morgan fingerprint density at radius 3 is 2.50 bits per heavy atom. The molecule has 2 heterocycles. The highest BCUT2D eigenvalue weighted by atomic mass is 16.2. The van der Waals surface area contributed by atoms with Gasteiger partial charge in [-0.15, -0.1) is 0 Å². The van der Waals surface area contributed by atoms with Gasteiger partial charge in [0, 0.05) is 19.3 Å². The van der Waals surface area contributed by atoms with Crippen molar-refractivity contribution in [1.82, 2.24) is 4.57 Å². The van der Waals surface area contributed by atoms with Gasteiger partial charge in [0.2, 0.25) is 11.5 Å². The lowest BCUT2D eigenvalue weighted by Crippen LogP contribution is -2.53. The molecule has 1 atom stereocenters. The van der Waals surface area contributed by atoms with E-state index in [0.29, 0.717) is 16.9 Å². The number of hydrogen-bond acceptors (Lipinski definition) is 3. The normalized spacial score (nSPS) is 16.8. The predicted octanol–water partition coefficient (Wildman–Crippen LogP) is 2.01. The molecule has 6 heteroatoms. The SMILES string of the molecule is CC(C)[C@H]1C(=O)Nc2ccccc2N1C(=O)c1ccc(=O)n(C)c1. The highest BCUT2D eigenvalue weighted by Crippen LogP contribution is 2.35. The molecule has 3 rings (SSSR count). The number of fused-ring (bicyclic) bond motifs is 1. The molecule has 1 aliphatic rings. The van der Waals surface area contributed by atoms with Crippen LogP contribution < -0.4 is 15.8 Å². The van der Waals surface area contributed by atoms with Crippen LogP contribution in [0, 0.1) is 5.92 Å². The van der Waals surface area contributed by atoms with E-state index >= 15 is 0 Å². The van der Waals surface area contributed by atoms with Crippen molar-refractivity contribution in [1.29, 1.82) is 0 Å². The number of nitrogens with zero attached hydrogens (tertiary/aromatic N) is 2. The number of carbonyl (C=O) groups is 2. The first-order valence-corrected chi connectivity index (χ1v) is 7.80. The van der Waals surface area contributed by atoms with Crippen molar-refractivity contribution in [3.8, 4) is 0 Å². The number of aryl methyl sites for hydroxylation is 1. The minimum absolute atomic E-state index is 0.0603. The third kappa shape index (κ3) is 2.60. The molecule has 24 heavy (non-hydrogen) atoms. The second-order valence-corrected chi connectivity index (χ2v) is 6.24. The number of hydrogen-bond donors (Lipinski definition) is 1. The summed E-state index contributed by atoms with van der Waals surface area (Å²) in [7, 11) is 1.59. The molecule has 0 bridgehead atoms. The number of aromatic nitrogens is 1. The van der Waals surface area contributed by atoms with Crippen LogP contribution in [0.5, 0.6) is 0 Å². The summed E-state index contributed by atoms with van der Waals surface area (Å²) < 4.78 is 1.35. The van der Waals surface area contributed by atoms with Crippen molar-refractivity contribution in [2.45, 2.75) is 19.9 Å². The van der Waals surface area contributed by atoms with Gasteiger partial charge in [-0.25, -0.2) is 0 Å². The topological polar surface area (TPSA) is 71.4 Å². The molecule has 0 saturated carbocycles. The fraction of sp³-hybridized carbons (Fsp3) is 0.278. The summed E-state index contributed by atoms with van der Waals surface area (Å²) in [4.78, 5) is 38.7. The summed E-state index contributed by atoms with van der Waals surface area (Å²) in [5, 5.41) is 2.86. The van der Waals surface area contributed by atoms with Gasteiger partial charge >= 0.3 is 0 Å². The molecule has 0 fully saturated rings. The van der Waals surface area contributed by atoms with Gasteiger partial charge in [-0.2, -0.15) is 0 Å². The maximum Gasteiger partial charge on any atom is 0.260 e. The Balaban J connectivity index is 2.13. The highest BCUT2D eigenvalue weighted by Gasteiger charge is 2.39. The van der Waals surface area contributed by atoms with Gasteiger partial charge in [0.25, 0.3) is 5.91 Å². The van der Waals surface area contributed by atoms with Gasteiger partial charge in [-0.3, -0.25) is 19.3 Å². The average molecular weight is 325 g/mol. The van der Waals surface area contributed by atoms with E-state index in [-0.39, 0.29) is 23.3 Å². The number of carbonyl (C=O) groups excluding carboxylic acids is 2. The minimum atomic E-state index is -0.607. The summed E-state index contributed by atoms with van der Waals surface area (Å²) in [5.74, 6) is -0.566. The zero-order chi connectivity index (χ0) is 17.4. The maximum absolute atomic E-state index is 13.1. The summed E-state index contributed by atoms with van der Waals surface area (Å²) in [6, 6.07) is 9.46. The molecular weight excluding hydrogens is 306 g/mol. The molecule has 0 saturated heterocycles. The molecule has 1 N–H and O–H groups in total. The van der Waals surface area contributed by atoms with Crippen molar-refractivity contribution in [2.24, 2.45) is 13.0 Å². The third-order valence-electron chi connectivity index (χ3n) is 4.15. The van der Waals surface area contributed by atoms with E-state index in [9.17, 15) is 14.4 Å². The van der Waals surface area contributed by atoms with Gasteiger partial charge in [-0.1, -0.05) is 26.0 Å². The maximum atomic E-state index is 13.1. The summed E-state index contributed by atoms with van der Waals surface area (Å²) in [5.41, 5.74) is 1.45. The number of nitrogens with one attached hydrogen (secondary N) is 1. The van der Waals surface area contributed by atoms with Crippen LogP contribution in [0.3, 0.4) is 0 Å². The molecule has 1 aromatic carbocycles. The Bertz CT molecular complexity index is 870. The van der Waals surface area contributed by atoms with Gasteiger partial charge < -0.3 is 9.88 Å². The molecule has 0 radical (unpaired) electrons. The van der Waals surface area contributed by atoms with Crippen LogP contribution in [0.25, 0.3) is 0 Å². The molecule has 124 valence electrons. The Kier molecular flexibility index (Phi) is 3.97. The van der Waals surface area contributed by atoms with E-state index in [1.54, 1.807) is 13.1 Å². The van der Waals surface area contributed by atoms with Crippen molar-refractivity contribution in [3.05, 3.63) is 58.5 Å². The Morgan fingerprint density at radius 1 is 1.12 bits per heavy atom. The van der Waals surface area contributed by atoms with Crippen LogP contribution in [0.2, 0.25) is 0 Å². The van der Waals surface area contributed by atoms with Gasteiger partial charge in [0.05, 0.1) is 16.9 Å². The fourth-order valence-electron chi connectivity index (χ4n) is 2.96. The molecule has 0 spiro atoms. The Hall–Kier alpha value is -2.89. The van der Waals surface area contributed by atoms with Crippen molar-refractivity contribution < 1.29 is 9.59 Å². The van der Waals surface area contributed by atoms with Crippen molar-refractivity contribution in [3.63, 3.8) is 0 Å². The lowest BCUT2D eigenvalue weighted by Gasteiger charge is -2.38. The van der Waals surface area contributed by atoms with E-state index in [0.717, 1.165) is 0 Å². The zero-order valence-corrected chi connectivity index (χ0v) is 13.8. The molecular formula is C18H19N3O3. The monoisotopic (exact) mass is 325 g/mol. The first kappa shape index (κ1) is 16.0. The smallest absolute Gasteiger partial charge is 0.260 e. The van der Waals surface area contributed by atoms with Gasteiger partial charge in [0.15, 0.2) is 0 Å². The minimum Gasteiger partial charge on any atom is -0.322 e. The van der Waals surface area contributed by atoms with Crippen LogP contribution in [0.4, 0.5) is 11.4 Å². The van der Waals surface area contributed by atoms with E-state index in [1.807, 2.05) is 32.0 Å². The molecule has 2 aromatic rings. The third-order valence-corrected chi connectivity index (χ3v) is 4.15. The number of pyridine rings is 1. The van der Waals surface area contributed by atoms with Crippen LogP contribution in [-0.2, 0) is 11.8 Å². The Morgan fingerprint density at radius 2 is 1.83 bits per heavy atom. The first-order chi connectivity index (χ1) is 11.4. The number of para-hydroxylation sites is 2. The molecule has 1 aliphatic heterocycles.